The van der Waals surface area contributed by atoms with Crippen LogP contribution in [0.4, 0.5) is 4.39 Å². The van der Waals surface area contributed by atoms with Gasteiger partial charge >= 0.3 is 5.97 Å². The molecular weight excluding hydrogens is 297 g/mol. The van der Waals surface area contributed by atoms with Gasteiger partial charge in [-0.05, 0) is 42.0 Å². The maximum atomic E-state index is 13.2. The van der Waals surface area contributed by atoms with Crippen LogP contribution in [-0.2, 0) is 0 Å². The number of fused-ring (bicyclic) bond motifs is 1. The Hall–Kier alpha value is -3.46. The van der Waals surface area contributed by atoms with Crippen LogP contribution in [0.3, 0.4) is 0 Å². The standard InChI is InChI=1S/C17H10FN3O2/c18-13-5-6-14-15(8-13)21-16(20-14)12(9-19)7-10-1-3-11(4-2-10)17(22)23/h1-8H,(H,20,21)(H,22,23)/b12-7-. The fourth-order valence-corrected chi connectivity index (χ4v) is 2.15. The molecule has 5 nitrogen and oxygen atoms in total. The number of nitrogens with zero attached hydrogens (tertiary/aromatic N) is 2. The van der Waals surface area contributed by atoms with Gasteiger partial charge in [-0.1, -0.05) is 12.1 Å². The number of H-pyrrole nitrogens is 1. The number of aromatic carboxylic acids is 1. The molecule has 2 N–H and O–H groups in total. The Morgan fingerprint density at radius 3 is 2.65 bits per heavy atom. The predicted octanol–water partition coefficient (Wildman–Crippen LogP) is 3.46. The summed E-state index contributed by atoms with van der Waals surface area (Å²) in [4.78, 5) is 18.0. The molecule has 0 radical (unpaired) electrons. The second-order valence-electron chi connectivity index (χ2n) is 4.84. The first-order valence-corrected chi connectivity index (χ1v) is 6.67. The monoisotopic (exact) mass is 307 g/mol. The smallest absolute Gasteiger partial charge is 0.335 e. The number of rotatable bonds is 3. The first kappa shape index (κ1) is 14.5. The molecule has 112 valence electrons. The third kappa shape index (κ3) is 2.94. The molecule has 1 heterocycles. The number of carboxylic acid groups (broad SMARTS) is 1. The minimum absolute atomic E-state index is 0.167. The van der Waals surface area contributed by atoms with Gasteiger partial charge in [0.25, 0.3) is 0 Å². The zero-order chi connectivity index (χ0) is 16.4. The maximum Gasteiger partial charge on any atom is 0.335 e. The molecule has 0 amide bonds. The molecule has 0 unspecified atom stereocenters. The van der Waals surface area contributed by atoms with E-state index in [9.17, 15) is 14.4 Å². The summed E-state index contributed by atoms with van der Waals surface area (Å²) < 4.78 is 13.2. The van der Waals surface area contributed by atoms with E-state index in [0.29, 0.717) is 22.4 Å². The lowest BCUT2D eigenvalue weighted by atomic mass is 10.1. The van der Waals surface area contributed by atoms with Gasteiger partial charge in [-0.15, -0.1) is 0 Å². The summed E-state index contributed by atoms with van der Waals surface area (Å²) in [6.45, 7) is 0. The lowest BCUT2D eigenvalue weighted by Gasteiger charge is -1.97. The van der Waals surface area contributed by atoms with E-state index >= 15 is 0 Å². The second-order valence-corrected chi connectivity index (χ2v) is 4.84. The number of allylic oxidation sites excluding steroid dienone is 1. The minimum atomic E-state index is -1.01. The van der Waals surface area contributed by atoms with Crippen molar-refractivity contribution in [3.05, 3.63) is 65.2 Å². The SMILES string of the molecule is N#C/C(=C/c1ccc(C(=O)O)cc1)c1nc2ccc(F)cc2[nH]1. The average Bonchev–Trinajstić information content (AvgIpc) is 2.95. The molecule has 0 bridgehead atoms. The molecule has 6 heteroatoms. The average molecular weight is 307 g/mol. The molecule has 3 rings (SSSR count). The first-order valence-electron chi connectivity index (χ1n) is 6.67. The van der Waals surface area contributed by atoms with Crippen molar-refractivity contribution in [1.29, 1.82) is 5.26 Å². The van der Waals surface area contributed by atoms with Crippen LogP contribution in [0.1, 0.15) is 21.7 Å². The van der Waals surface area contributed by atoms with E-state index < -0.39 is 5.97 Å². The van der Waals surface area contributed by atoms with Crippen molar-refractivity contribution < 1.29 is 14.3 Å². The highest BCUT2D eigenvalue weighted by atomic mass is 19.1. The number of benzene rings is 2. The largest absolute Gasteiger partial charge is 0.478 e. The molecule has 0 spiro atoms. The molecule has 0 atom stereocenters. The number of hydrogen-bond acceptors (Lipinski definition) is 3. The quantitative estimate of drug-likeness (QED) is 0.725. The highest BCUT2D eigenvalue weighted by Crippen LogP contribution is 2.20. The van der Waals surface area contributed by atoms with Gasteiger partial charge in [0.2, 0.25) is 0 Å². The van der Waals surface area contributed by atoms with E-state index in [2.05, 4.69) is 9.97 Å². The van der Waals surface area contributed by atoms with Crippen LogP contribution < -0.4 is 0 Å². The van der Waals surface area contributed by atoms with Crippen molar-refractivity contribution >= 4 is 28.7 Å². The molecule has 23 heavy (non-hydrogen) atoms. The third-order valence-corrected chi connectivity index (χ3v) is 3.29. The summed E-state index contributed by atoms with van der Waals surface area (Å²) in [6.07, 6.45) is 1.58. The van der Waals surface area contributed by atoms with Gasteiger partial charge in [-0.3, -0.25) is 0 Å². The zero-order valence-electron chi connectivity index (χ0n) is 11.7. The summed E-state index contributed by atoms with van der Waals surface area (Å²) in [7, 11) is 0. The summed E-state index contributed by atoms with van der Waals surface area (Å²) in [5.41, 5.74) is 2.16. The van der Waals surface area contributed by atoms with Gasteiger partial charge in [-0.25, -0.2) is 14.2 Å². The number of nitrogens with one attached hydrogen (secondary N) is 1. The fourth-order valence-electron chi connectivity index (χ4n) is 2.15. The summed E-state index contributed by atoms with van der Waals surface area (Å²) >= 11 is 0. The Kier molecular flexibility index (Phi) is 3.61. The molecule has 1 aromatic heterocycles. The molecule has 0 aliphatic heterocycles. The van der Waals surface area contributed by atoms with E-state index in [1.807, 2.05) is 6.07 Å². The highest BCUT2D eigenvalue weighted by Gasteiger charge is 2.09. The van der Waals surface area contributed by atoms with Crippen molar-refractivity contribution in [2.75, 3.05) is 0 Å². The topological polar surface area (TPSA) is 89.8 Å². The van der Waals surface area contributed by atoms with Crippen LogP contribution in [0.5, 0.6) is 0 Å². The van der Waals surface area contributed by atoms with Crippen molar-refractivity contribution in [3.8, 4) is 6.07 Å². The summed E-state index contributed by atoms with van der Waals surface area (Å²) in [5.74, 6) is -1.07. The Morgan fingerprint density at radius 1 is 1.26 bits per heavy atom. The van der Waals surface area contributed by atoms with E-state index in [4.69, 9.17) is 5.11 Å². The zero-order valence-corrected chi connectivity index (χ0v) is 11.7. The Bertz CT molecular complexity index is 966. The van der Waals surface area contributed by atoms with Crippen LogP contribution in [-0.4, -0.2) is 21.0 Å². The van der Waals surface area contributed by atoms with E-state index in [1.54, 1.807) is 18.2 Å². The number of aromatic amines is 1. The van der Waals surface area contributed by atoms with Crippen LogP contribution in [0.15, 0.2) is 42.5 Å². The van der Waals surface area contributed by atoms with Crippen LogP contribution >= 0.6 is 0 Å². The Balaban J connectivity index is 2.00. The molecule has 0 fully saturated rings. The van der Waals surface area contributed by atoms with E-state index in [0.717, 1.165) is 0 Å². The Morgan fingerprint density at radius 2 is 2.00 bits per heavy atom. The number of aromatic nitrogens is 2. The molecular formula is C17H10FN3O2. The van der Waals surface area contributed by atoms with Crippen molar-refractivity contribution in [1.82, 2.24) is 9.97 Å². The second kappa shape index (κ2) is 5.73. The fraction of sp³-hybridized carbons (Fsp3) is 0. The molecule has 3 aromatic rings. The van der Waals surface area contributed by atoms with Gasteiger partial charge in [0.05, 0.1) is 22.2 Å². The van der Waals surface area contributed by atoms with Crippen molar-refractivity contribution in [2.24, 2.45) is 0 Å². The van der Waals surface area contributed by atoms with Gasteiger partial charge in [0.15, 0.2) is 0 Å². The normalized spacial score (nSPS) is 11.4. The van der Waals surface area contributed by atoms with Gasteiger partial charge in [0, 0.05) is 0 Å². The number of halogens is 1. The van der Waals surface area contributed by atoms with Crippen LogP contribution in [0.25, 0.3) is 22.7 Å². The highest BCUT2D eigenvalue weighted by molar-refractivity contribution is 5.91. The minimum Gasteiger partial charge on any atom is -0.478 e. The Labute approximate surface area is 130 Å². The molecule has 2 aromatic carbocycles. The lowest BCUT2D eigenvalue weighted by Crippen LogP contribution is -1.95. The van der Waals surface area contributed by atoms with E-state index in [1.165, 1.54) is 30.3 Å². The van der Waals surface area contributed by atoms with Crippen molar-refractivity contribution in [3.63, 3.8) is 0 Å². The van der Waals surface area contributed by atoms with Crippen LogP contribution in [0, 0.1) is 17.1 Å². The third-order valence-electron chi connectivity index (χ3n) is 3.29. The molecule has 0 saturated heterocycles. The van der Waals surface area contributed by atoms with Gasteiger partial charge in [0.1, 0.15) is 17.7 Å². The number of nitriles is 1. The van der Waals surface area contributed by atoms with Gasteiger partial charge in [-0.2, -0.15) is 5.26 Å². The molecule has 0 aliphatic rings. The number of carbonyl (C=O) groups is 1. The number of hydrogen-bond donors (Lipinski definition) is 2. The first-order chi connectivity index (χ1) is 11.1. The molecule has 0 saturated carbocycles. The van der Waals surface area contributed by atoms with Crippen LogP contribution in [0.2, 0.25) is 0 Å². The number of imidazole rings is 1. The summed E-state index contributed by atoms with van der Waals surface area (Å²) in [5, 5.41) is 18.2. The summed E-state index contributed by atoms with van der Waals surface area (Å²) in [6, 6.07) is 12.3. The lowest BCUT2D eigenvalue weighted by molar-refractivity contribution is 0.0697. The number of carboxylic acids is 1. The van der Waals surface area contributed by atoms with Gasteiger partial charge < -0.3 is 10.1 Å². The maximum absolute atomic E-state index is 13.2. The molecule has 0 aliphatic carbocycles. The van der Waals surface area contributed by atoms with E-state index in [-0.39, 0.29) is 17.0 Å². The van der Waals surface area contributed by atoms with Crippen molar-refractivity contribution in [2.45, 2.75) is 0 Å². The predicted molar refractivity (Wildman–Crippen MR) is 82.9 cm³/mol.